The largest absolute Gasteiger partial charge is 0.467 e. The number of halogens is 4. The first-order valence-corrected chi connectivity index (χ1v) is 13.7. The van der Waals surface area contributed by atoms with Gasteiger partial charge in [-0.15, -0.1) is 26.3 Å². The van der Waals surface area contributed by atoms with E-state index in [9.17, 15) is 13.2 Å². The lowest BCUT2D eigenvalue weighted by atomic mass is 9.97. The van der Waals surface area contributed by atoms with Crippen molar-refractivity contribution in [3.8, 4) is 18.0 Å². The van der Waals surface area contributed by atoms with Crippen LogP contribution in [-0.2, 0) is 11.0 Å². The molecule has 0 radical (unpaired) electrons. The maximum Gasteiger partial charge on any atom is 0.416 e. The summed E-state index contributed by atoms with van der Waals surface area (Å²) in [7, 11) is 2.90. The van der Waals surface area contributed by atoms with Gasteiger partial charge in [-0.1, -0.05) is 22.8 Å². The molecule has 1 unspecified atom stereocenters. The highest BCUT2D eigenvalue weighted by Crippen LogP contribution is 2.42. The predicted molar refractivity (Wildman–Crippen MR) is 140 cm³/mol. The van der Waals surface area contributed by atoms with Gasteiger partial charge in [-0.25, -0.2) is 4.98 Å². The number of aromatic nitrogens is 4. The van der Waals surface area contributed by atoms with Crippen molar-refractivity contribution in [2.24, 2.45) is 5.16 Å². The molecule has 15 heteroatoms. The first-order valence-electron chi connectivity index (χ1n) is 12.5. The molecule has 2 aliphatic heterocycles. The molecule has 5 rings (SSSR count). The monoisotopic (exact) mass is 598 g/mol. The molecule has 1 aromatic carbocycles. The fourth-order valence-electron chi connectivity index (χ4n) is 4.64. The molecule has 0 amide bonds. The number of rotatable bonds is 9. The second kappa shape index (κ2) is 12.1. The predicted octanol–water partition coefficient (Wildman–Crippen LogP) is 5.14. The van der Waals surface area contributed by atoms with Crippen LogP contribution in [0.4, 0.5) is 13.2 Å². The van der Waals surface area contributed by atoms with Crippen LogP contribution in [0.25, 0.3) is 0 Å². The van der Waals surface area contributed by atoms with Crippen molar-refractivity contribution in [3.63, 3.8) is 0 Å². The van der Waals surface area contributed by atoms with Crippen molar-refractivity contribution in [2.45, 2.75) is 37.5 Å². The van der Waals surface area contributed by atoms with E-state index in [1.165, 1.54) is 37.7 Å². The summed E-state index contributed by atoms with van der Waals surface area (Å²) in [6.45, 7) is 2.83. The molecule has 0 spiro atoms. The van der Waals surface area contributed by atoms with Crippen LogP contribution in [-0.4, -0.2) is 71.0 Å². The summed E-state index contributed by atoms with van der Waals surface area (Å²) in [6.07, 6.45) is -3.47. The maximum absolute atomic E-state index is 13.6. The molecule has 3 aromatic rings. The molecule has 0 bridgehead atoms. The smallest absolute Gasteiger partial charge is 0.416 e. The summed E-state index contributed by atoms with van der Waals surface area (Å²) in [6, 6.07) is 4.08. The van der Waals surface area contributed by atoms with Crippen molar-refractivity contribution in [2.75, 3.05) is 40.5 Å². The summed E-state index contributed by atoms with van der Waals surface area (Å²) in [5, 5.41) is 6.93. The lowest BCUT2D eigenvalue weighted by Crippen LogP contribution is -2.36. The van der Waals surface area contributed by atoms with Crippen molar-refractivity contribution >= 4 is 28.6 Å². The van der Waals surface area contributed by atoms with Gasteiger partial charge >= 0.3 is 24.2 Å². The third-order valence-corrected chi connectivity index (χ3v) is 8.02. The molecule has 0 N–H and O–H groups in total. The van der Waals surface area contributed by atoms with Crippen molar-refractivity contribution in [1.29, 1.82) is 0 Å². The van der Waals surface area contributed by atoms with Crippen LogP contribution in [0.5, 0.6) is 18.0 Å². The van der Waals surface area contributed by atoms with Gasteiger partial charge in [-0.2, -0.15) is 13.2 Å². The molecule has 1 atom stereocenters. The number of oxime groups is 1. The van der Waals surface area contributed by atoms with Gasteiger partial charge < -0.3 is 19.0 Å². The van der Waals surface area contributed by atoms with E-state index < -0.39 is 17.8 Å². The Morgan fingerprint density at radius 1 is 1.05 bits per heavy atom. The zero-order chi connectivity index (χ0) is 28.3. The molecule has 214 valence electrons. The molecule has 40 heavy (non-hydrogen) atoms. The van der Waals surface area contributed by atoms with E-state index >= 15 is 0 Å². The molecule has 0 aliphatic carbocycles. The number of methoxy groups -OCH3 is 2. The van der Waals surface area contributed by atoms with E-state index in [0.717, 1.165) is 37.0 Å². The van der Waals surface area contributed by atoms with Crippen LogP contribution in [0, 0.1) is 0 Å². The number of likely N-dealkylation sites (tertiary alicyclic amines) is 1. The standard InChI is InChI=1S/C25H26ClF3N6O4S/c1-36-22-31-23(37-2)33-24(32-22)38-11-10-35-8-6-14(7-9-35)21-30-18(13-40-21)17-12-19(39-34-17)20-15(25(27,28)29)4-3-5-16(20)26/h3-5,13-14,19H,6-12H2,1-2H3. The van der Waals surface area contributed by atoms with Crippen LogP contribution >= 0.6 is 22.9 Å². The highest BCUT2D eigenvalue weighted by atomic mass is 35.5. The number of alkyl halides is 3. The van der Waals surface area contributed by atoms with Crippen LogP contribution < -0.4 is 14.2 Å². The van der Waals surface area contributed by atoms with E-state index in [4.69, 9.17) is 35.6 Å². The van der Waals surface area contributed by atoms with Crippen LogP contribution in [0.3, 0.4) is 0 Å². The Balaban J connectivity index is 1.13. The van der Waals surface area contributed by atoms with Gasteiger partial charge in [0.2, 0.25) is 0 Å². The van der Waals surface area contributed by atoms with Crippen LogP contribution in [0.15, 0.2) is 28.7 Å². The average molecular weight is 599 g/mol. The lowest BCUT2D eigenvalue weighted by molar-refractivity contribution is -0.139. The molecule has 10 nitrogen and oxygen atoms in total. The molecule has 2 aromatic heterocycles. The topological polar surface area (TPSA) is 104 Å². The number of nitrogens with zero attached hydrogens (tertiary/aromatic N) is 6. The average Bonchev–Trinajstić information content (AvgIpc) is 3.63. The maximum atomic E-state index is 13.6. The SMILES string of the molecule is COc1nc(OC)nc(OCCN2CCC(c3nc(C4=NOC(c5c(Cl)cccc5C(F)(F)F)C4)cs3)CC2)n1. The molecule has 1 fully saturated rings. The number of ether oxygens (including phenoxy) is 3. The van der Waals surface area contributed by atoms with Gasteiger partial charge in [0.15, 0.2) is 6.10 Å². The second-order valence-electron chi connectivity index (χ2n) is 9.16. The van der Waals surface area contributed by atoms with Gasteiger partial charge in [0.05, 0.1) is 30.5 Å². The number of piperidine rings is 1. The fourth-order valence-corrected chi connectivity index (χ4v) is 5.94. The number of hydrogen-bond acceptors (Lipinski definition) is 11. The fraction of sp³-hybridized carbons (Fsp3) is 0.480. The minimum atomic E-state index is -4.55. The summed E-state index contributed by atoms with van der Waals surface area (Å²) >= 11 is 7.67. The summed E-state index contributed by atoms with van der Waals surface area (Å²) in [4.78, 5) is 24.5. The Labute approximate surface area is 237 Å². The van der Waals surface area contributed by atoms with Gasteiger partial charge in [0.25, 0.3) is 0 Å². The van der Waals surface area contributed by atoms with Gasteiger partial charge in [0, 0.05) is 34.8 Å². The van der Waals surface area contributed by atoms with E-state index in [-0.39, 0.29) is 41.0 Å². The van der Waals surface area contributed by atoms with Gasteiger partial charge in [-0.05, 0) is 38.1 Å². The first kappa shape index (κ1) is 28.3. The summed E-state index contributed by atoms with van der Waals surface area (Å²) in [5.41, 5.74) is 0.227. The van der Waals surface area contributed by atoms with Crippen molar-refractivity contribution < 1.29 is 32.2 Å². The molecular formula is C25H26ClF3N6O4S. The van der Waals surface area contributed by atoms with Gasteiger partial charge in [0.1, 0.15) is 12.3 Å². The Hall–Kier alpha value is -3.23. The molecular weight excluding hydrogens is 573 g/mol. The van der Waals surface area contributed by atoms with Crippen LogP contribution in [0.1, 0.15) is 53.1 Å². The quantitative estimate of drug-likeness (QED) is 0.331. The van der Waals surface area contributed by atoms with E-state index in [1.807, 2.05) is 5.38 Å². The van der Waals surface area contributed by atoms with E-state index in [0.29, 0.717) is 24.6 Å². The number of thiazole rings is 1. The zero-order valence-electron chi connectivity index (χ0n) is 21.7. The van der Waals surface area contributed by atoms with Crippen molar-refractivity contribution in [1.82, 2.24) is 24.8 Å². The Kier molecular flexibility index (Phi) is 8.57. The van der Waals surface area contributed by atoms with Crippen molar-refractivity contribution in [3.05, 3.63) is 50.4 Å². The molecule has 2 aliphatic rings. The Bertz CT molecular complexity index is 1340. The van der Waals surface area contributed by atoms with E-state index in [1.54, 1.807) is 0 Å². The lowest BCUT2D eigenvalue weighted by Gasteiger charge is -2.30. The zero-order valence-corrected chi connectivity index (χ0v) is 23.2. The minimum absolute atomic E-state index is 0.000145. The number of benzene rings is 1. The normalized spacial score (nSPS) is 18.4. The highest BCUT2D eigenvalue weighted by Gasteiger charge is 2.39. The minimum Gasteiger partial charge on any atom is -0.467 e. The molecule has 1 saturated heterocycles. The molecule has 0 saturated carbocycles. The number of hydrogen-bond donors (Lipinski definition) is 0. The molecule has 4 heterocycles. The Morgan fingerprint density at radius 3 is 2.42 bits per heavy atom. The Morgan fingerprint density at radius 2 is 1.75 bits per heavy atom. The third-order valence-electron chi connectivity index (χ3n) is 6.68. The van der Waals surface area contributed by atoms with E-state index in [2.05, 4.69) is 25.0 Å². The summed E-state index contributed by atoms with van der Waals surface area (Å²) < 4.78 is 56.4. The van der Waals surface area contributed by atoms with Crippen LogP contribution in [0.2, 0.25) is 5.02 Å². The first-order chi connectivity index (χ1) is 19.2. The van der Waals surface area contributed by atoms with Gasteiger partial charge in [-0.3, -0.25) is 4.90 Å². The summed E-state index contributed by atoms with van der Waals surface area (Å²) in [5.74, 6) is 0.284. The third kappa shape index (κ3) is 6.39. The highest BCUT2D eigenvalue weighted by molar-refractivity contribution is 7.10. The second-order valence-corrected chi connectivity index (χ2v) is 10.5.